The van der Waals surface area contributed by atoms with Crippen LogP contribution in [0.4, 0.5) is 16.2 Å². The highest BCUT2D eigenvalue weighted by Gasteiger charge is 2.18. The van der Waals surface area contributed by atoms with Gasteiger partial charge in [0.2, 0.25) is 11.8 Å². The Morgan fingerprint density at radius 3 is 1.91 bits per heavy atom. The molecule has 3 heterocycles. The minimum Gasteiger partial charge on any atom is -0.460 e. The van der Waals surface area contributed by atoms with Gasteiger partial charge in [0, 0.05) is 37.2 Å². The summed E-state index contributed by atoms with van der Waals surface area (Å²) in [7, 11) is 0. The number of nitrogens with zero attached hydrogens (tertiary/aromatic N) is 4. The third-order valence-electron chi connectivity index (χ3n) is 8.37. The SMILES string of the molecule is CC(C)(C)OC(=O)CCCNc1ccc(-c2nc3ccccc3o2)cc1N.Cc1nc2cc(-c3nc4ccccc4o3)ccc2n1CCNC(=O)OC(C)(C)C. The van der Waals surface area contributed by atoms with Crippen LogP contribution in [0.2, 0.25) is 0 Å². The summed E-state index contributed by atoms with van der Waals surface area (Å²) in [5.41, 5.74) is 13.3. The molecule has 0 saturated heterocycles. The molecule has 0 bridgehead atoms. The average molecular weight is 760 g/mol. The number of imidazole rings is 1. The molecule has 0 radical (unpaired) electrons. The Kier molecular flexibility index (Phi) is 11.6. The third kappa shape index (κ3) is 10.2. The van der Waals surface area contributed by atoms with Crippen molar-refractivity contribution in [3.63, 3.8) is 0 Å². The summed E-state index contributed by atoms with van der Waals surface area (Å²) < 4.78 is 24.3. The van der Waals surface area contributed by atoms with Crippen molar-refractivity contribution in [2.75, 3.05) is 24.1 Å². The third-order valence-corrected chi connectivity index (χ3v) is 8.37. The number of fused-ring (bicyclic) bond motifs is 3. The van der Waals surface area contributed by atoms with Gasteiger partial charge in [0.25, 0.3) is 0 Å². The van der Waals surface area contributed by atoms with E-state index in [1.54, 1.807) is 0 Å². The Balaban J connectivity index is 0.000000190. The number of oxazole rings is 2. The van der Waals surface area contributed by atoms with Crippen molar-refractivity contribution >= 4 is 56.7 Å². The molecule has 13 heteroatoms. The molecule has 0 aliphatic heterocycles. The number of esters is 1. The number of para-hydroxylation sites is 4. The molecule has 4 aromatic carbocycles. The number of carbonyl (C=O) groups excluding carboxylic acids is 2. The standard InChI is InChI=1S/C22H24N4O3.C21H25N3O3/c1-14-24-17-13-15(20-25-16-7-5-6-8-19(16)28-20)9-10-18(17)26(14)12-11-23-21(27)29-22(2,3)4;1-21(2,3)27-19(25)9-6-12-23-16-11-10-14(13-15(16)22)20-24-17-7-4-5-8-18(17)26-20/h5-10,13H,11-12H2,1-4H3,(H,23,27);4-5,7-8,10-11,13,23H,6,9,12,22H2,1-3H3. The lowest BCUT2D eigenvalue weighted by atomic mass is 10.1. The zero-order chi connectivity index (χ0) is 40.0. The molecule has 13 nitrogen and oxygen atoms in total. The highest BCUT2D eigenvalue weighted by Crippen LogP contribution is 2.30. The van der Waals surface area contributed by atoms with E-state index in [1.165, 1.54) is 0 Å². The number of nitrogens with two attached hydrogens (primary N) is 1. The molecule has 56 heavy (non-hydrogen) atoms. The Labute approximate surface area is 325 Å². The van der Waals surface area contributed by atoms with Gasteiger partial charge in [0.1, 0.15) is 28.1 Å². The van der Waals surface area contributed by atoms with E-state index in [0.717, 1.165) is 55.9 Å². The average Bonchev–Trinajstić information content (AvgIpc) is 3.84. The zero-order valence-electron chi connectivity index (χ0n) is 32.9. The van der Waals surface area contributed by atoms with Gasteiger partial charge in [0.05, 0.1) is 22.4 Å². The number of hydrogen-bond acceptors (Lipinski definition) is 11. The van der Waals surface area contributed by atoms with E-state index in [-0.39, 0.29) is 5.97 Å². The quantitative estimate of drug-likeness (QED) is 0.0689. The number of aryl methyl sites for hydroxylation is 1. The van der Waals surface area contributed by atoms with Gasteiger partial charge in [-0.3, -0.25) is 4.79 Å². The first-order valence-electron chi connectivity index (χ1n) is 18.6. The van der Waals surface area contributed by atoms with Crippen LogP contribution in [-0.2, 0) is 20.8 Å². The summed E-state index contributed by atoms with van der Waals surface area (Å²) in [6.45, 7) is 14.8. The molecule has 0 atom stereocenters. The van der Waals surface area contributed by atoms with Gasteiger partial charge in [-0.25, -0.2) is 19.7 Å². The summed E-state index contributed by atoms with van der Waals surface area (Å²) >= 11 is 0. The number of benzene rings is 4. The van der Waals surface area contributed by atoms with Crippen molar-refractivity contribution in [1.82, 2.24) is 24.8 Å². The molecule has 0 fully saturated rings. The van der Waals surface area contributed by atoms with E-state index in [0.29, 0.717) is 49.9 Å². The van der Waals surface area contributed by atoms with E-state index >= 15 is 0 Å². The number of alkyl carbamates (subject to hydrolysis) is 1. The number of rotatable bonds is 10. The summed E-state index contributed by atoms with van der Waals surface area (Å²) in [6, 6.07) is 26.9. The first kappa shape index (κ1) is 39.3. The summed E-state index contributed by atoms with van der Waals surface area (Å²) in [5, 5.41) is 6.04. The molecule has 1 amide bonds. The van der Waals surface area contributed by atoms with Crippen molar-refractivity contribution < 1.29 is 27.9 Å². The molecule has 7 aromatic rings. The number of carbonyl (C=O) groups is 2. The molecule has 0 unspecified atom stereocenters. The molecule has 4 N–H and O–H groups in total. The predicted octanol–water partition coefficient (Wildman–Crippen LogP) is 9.29. The normalized spacial score (nSPS) is 11.7. The smallest absolute Gasteiger partial charge is 0.407 e. The summed E-state index contributed by atoms with van der Waals surface area (Å²) in [6.07, 6.45) is 0.615. The van der Waals surface area contributed by atoms with Crippen molar-refractivity contribution in [1.29, 1.82) is 0 Å². The minimum atomic E-state index is -0.511. The van der Waals surface area contributed by atoms with Crippen molar-refractivity contribution in [2.45, 2.75) is 79.1 Å². The van der Waals surface area contributed by atoms with Crippen LogP contribution in [0.25, 0.3) is 56.1 Å². The van der Waals surface area contributed by atoms with Crippen molar-refractivity contribution in [3.8, 4) is 22.9 Å². The highest BCUT2D eigenvalue weighted by molar-refractivity contribution is 5.83. The lowest BCUT2D eigenvalue weighted by molar-refractivity contribution is -0.154. The molecule has 3 aromatic heterocycles. The Bertz CT molecular complexity index is 2400. The summed E-state index contributed by atoms with van der Waals surface area (Å²) in [5.74, 6) is 1.80. The Morgan fingerprint density at radius 1 is 0.732 bits per heavy atom. The molecular formula is C43H49N7O6. The van der Waals surface area contributed by atoms with Gasteiger partial charge in [-0.2, -0.15) is 0 Å². The van der Waals surface area contributed by atoms with Crippen molar-refractivity contribution in [2.24, 2.45) is 0 Å². The Hall–Kier alpha value is -6.37. The maximum absolute atomic E-state index is 11.8. The zero-order valence-corrected chi connectivity index (χ0v) is 32.9. The van der Waals surface area contributed by atoms with E-state index in [2.05, 4.69) is 30.2 Å². The number of ether oxygens (including phenoxy) is 2. The van der Waals surface area contributed by atoms with Gasteiger partial charge >= 0.3 is 12.1 Å². The van der Waals surface area contributed by atoms with Crippen LogP contribution in [0.3, 0.4) is 0 Å². The second kappa shape index (κ2) is 16.6. The largest absolute Gasteiger partial charge is 0.460 e. The van der Waals surface area contributed by atoms with E-state index in [9.17, 15) is 9.59 Å². The van der Waals surface area contributed by atoms with E-state index in [4.69, 9.17) is 24.0 Å². The van der Waals surface area contributed by atoms with Gasteiger partial charge in [0.15, 0.2) is 11.2 Å². The Morgan fingerprint density at radius 2 is 1.32 bits per heavy atom. The predicted molar refractivity (Wildman–Crippen MR) is 219 cm³/mol. The lowest BCUT2D eigenvalue weighted by Crippen LogP contribution is -2.34. The van der Waals surface area contributed by atoms with Crippen LogP contribution in [0.1, 0.15) is 60.2 Å². The van der Waals surface area contributed by atoms with Crippen LogP contribution < -0.4 is 16.4 Å². The summed E-state index contributed by atoms with van der Waals surface area (Å²) in [4.78, 5) is 37.3. The fraction of sp³-hybridized carbons (Fsp3) is 0.326. The van der Waals surface area contributed by atoms with Crippen LogP contribution in [0.5, 0.6) is 0 Å². The molecule has 0 saturated carbocycles. The number of amides is 1. The number of nitrogen functional groups attached to an aromatic ring is 1. The van der Waals surface area contributed by atoms with Crippen LogP contribution in [-0.4, -0.2) is 55.9 Å². The van der Waals surface area contributed by atoms with Gasteiger partial charge in [-0.05, 0) is 116 Å². The minimum absolute atomic E-state index is 0.191. The van der Waals surface area contributed by atoms with Gasteiger partial charge in [-0.15, -0.1) is 0 Å². The number of anilines is 2. The number of nitrogens with one attached hydrogen (secondary N) is 2. The molecule has 7 rings (SSSR count). The van der Waals surface area contributed by atoms with Gasteiger partial charge < -0.3 is 39.2 Å². The fourth-order valence-electron chi connectivity index (χ4n) is 5.95. The van der Waals surface area contributed by atoms with Crippen molar-refractivity contribution in [3.05, 3.63) is 90.8 Å². The maximum atomic E-state index is 11.8. The first-order valence-corrected chi connectivity index (χ1v) is 18.6. The number of aromatic nitrogens is 4. The molecule has 292 valence electrons. The topological polar surface area (TPSA) is 173 Å². The van der Waals surface area contributed by atoms with Crippen LogP contribution >= 0.6 is 0 Å². The molecule has 0 aliphatic rings. The van der Waals surface area contributed by atoms with E-state index in [1.807, 2.05) is 133 Å². The highest BCUT2D eigenvalue weighted by atomic mass is 16.6. The molecular weight excluding hydrogens is 711 g/mol. The van der Waals surface area contributed by atoms with Crippen LogP contribution in [0, 0.1) is 6.92 Å². The second-order valence-electron chi connectivity index (χ2n) is 15.3. The lowest BCUT2D eigenvalue weighted by Gasteiger charge is -2.19. The second-order valence-corrected chi connectivity index (χ2v) is 15.3. The van der Waals surface area contributed by atoms with Gasteiger partial charge in [-0.1, -0.05) is 24.3 Å². The first-order chi connectivity index (χ1) is 26.6. The van der Waals surface area contributed by atoms with Crippen LogP contribution in [0.15, 0.2) is 93.8 Å². The fourth-order valence-corrected chi connectivity index (χ4v) is 5.95. The van der Waals surface area contributed by atoms with E-state index < -0.39 is 17.3 Å². The maximum Gasteiger partial charge on any atom is 0.407 e. The monoisotopic (exact) mass is 759 g/mol. The molecule has 0 spiro atoms. The number of hydrogen-bond donors (Lipinski definition) is 3. The molecule has 0 aliphatic carbocycles.